The summed E-state index contributed by atoms with van der Waals surface area (Å²) >= 11 is 1.60. The first-order valence-electron chi connectivity index (χ1n) is 5.87. The Kier molecular flexibility index (Phi) is 4.13. The standard InChI is InChI=1S/C13H15N3O2S/c1-9(15-8-13-12(14)5-6-19-13)10-3-2-4-11(7-10)16(17)18/h2-7,9,15H,8,14H2,1H3. The minimum atomic E-state index is -0.381. The lowest BCUT2D eigenvalue weighted by molar-refractivity contribution is -0.384. The van der Waals surface area contributed by atoms with E-state index >= 15 is 0 Å². The van der Waals surface area contributed by atoms with E-state index in [1.54, 1.807) is 23.5 Å². The van der Waals surface area contributed by atoms with Crippen LogP contribution in [0, 0.1) is 10.1 Å². The molecule has 1 heterocycles. The zero-order valence-electron chi connectivity index (χ0n) is 10.5. The first kappa shape index (κ1) is 13.5. The Morgan fingerprint density at radius 1 is 1.47 bits per heavy atom. The third-order valence-corrected chi connectivity index (χ3v) is 3.87. The third-order valence-electron chi connectivity index (χ3n) is 2.93. The van der Waals surface area contributed by atoms with Crippen LogP contribution in [0.2, 0.25) is 0 Å². The van der Waals surface area contributed by atoms with Crippen molar-refractivity contribution < 1.29 is 4.92 Å². The molecule has 3 N–H and O–H groups in total. The summed E-state index contributed by atoms with van der Waals surface area (Å²) in [4.78, 5) is 11.4. The Morgan fingerprint density at radius 2 is 2.26 bits per heavy atom. The molecule has 1 atom stereocenters. The van der Waals surface area contributed by atoms with E-state index in [1.807, 2.05) is 24.4 Å². The van der Waals surface area contributed by atoms with Crippen LogP contribution >= 0.6 is 11.3 Å². The van der Waals surface area contributed by atoms with Crippen molar-refractivity contribution in [3.63, 3.8) is 0 Å². The fourth-order valence-corrected chi connectivity index (χ4v) is 2.52. The zero-order valence-corrected chi connectivity index (χ0v) is 11.3. The lowest BCUT2D eigenvalue weighted by atomic mass is 10.1. The normalized spacial score (nSPS) is 12.3. The van der Waals surface area contributed by atoms with E-state index in [4.69, 9.17) is 5.73 Å². The van der Waals surface area contributed by atoms with Gasteiger partial charge in [0.05, 0.1) is 4.92 Å². The molecule has 0 bridgehead atoms. The monoisotopic (exact) mass is 277 g/mol. The van der Waals surface area contributed by atoms with Crippen molar-refractivity contribution in [3.05, 3.63) is 56.3 Å². The second kappa shape index (κ2) is 5.81. The highest BCUT2D eigenvalue weighted by Gasteiger charge is 2.11. The van der Waals surface area contributed by atoms with Gasteiger partial charge in [-0.3, -0.25) is 10.1 Å². The molecule has 0 spiro atoms. The van der Waals surface area contributed by atoms with E-state index in [9.17, 15) is 10.1 Å². The maximum Gasteiger partial charge on any atom is 0.269 e. The van der Waals surface area contributed by atoms with Crippen molar-refractivity contribution >= 4 is 22.7 Å². The highest BCUT2D eigenvalue weighted by molar-refractivity contribution is 7.10. The van der Waals surface area contributed by atoms with Gasteiger partial charge in [-0.1, -0.05) is 12.1 Å². The summed E-state index contributed by atoms with van der Waals surface area (Å²) in [5.74, 6) is 0. The average molecular weight is 277 g/mol. The molecule has 0 fully saturated rings. The Labute approximate surface area is 115 Å². The molecule has 0 saturated carbocycles. The molecule has 1 unspecified atom stereocenters. The number of hydrogen-bond donors (Lipinski definition) is 2. The van der Waals surface area contributed by atoms with Gasteiger partial charge in [-0.2, -0.15) is 0 Å². The van der Waals surface area contributed by atoms with Crippen LogP contribution in [0.5, 0.6) is 0 Å². The Morgan fingerprint density at radius 3 is 2.89 bits per heavy atom. The largest absolute Gasteiger partial charge is 0.398 e. The molecule has 0 radical (unpaired) electrons. The van der Waals surface area contributed by atoms with Gasteiger partial charge in [0, 0.05) is 35.3 Å². The van der Waals surface area contributed by atoms with Crippen LogP contribution in [0.1, 0.15) is 23.4 Å². The molecule has 2 aromatic rings. The number of nitrogens with two attached hydrogens (primary N) is 1. The van der Waals surface area contributed by atoms with Gasteiger partial charge in [-0.15, -0.1) is 11.3 Å². The molecule has 0 aliphatic carbocycles. The van der Waals surface area contributed by atoms with Crippen LogP contribution in [0.15, 0.2) is 35.7 Å². The number of thiophene rings is 1. The summed E-state index contributed by atoms with van der Waals surface area (Å²) in [6, 6.07) is 8.57. The number of nitrogens with zero attached hydrogens (tertiary/aromatic N) is 1. The lowest BCUT2D eigenvalue weighted by Gasteiger charge is -2.13. The zero-order chi connectivity index (χ0) is 13.8. The lowest BCUT2D eigenvalue weighted by Crippen LogP contribution is -2.18. The second-order valence-corrected chi connectivity index (χ2v) is 5.25. The van der Waals surface area contributed by atoms with Crippen LogP contribution in [0.4, 0.5) is 11.4 Å². The molecular formula is C13H15N3O2S. The first-order valence-corrected chi connectivity index (χ1v) is 6.75. The van der Waals surface area contributed by atoms with Gasteiger partial charge in [0.15, 0.2) is 0 Å². The van der Waals surface area contributed by atoms with Crippen molar-refractivity contribution in [2.45, 2.75) is 19.5 Å². The highest BCUT2D eigenvalue weighted by atomic mass is 32.1. The molecule has 1 aromatic heterocycles. The van der Waals surface area contributed by atoms with Crippen LogP contribution in [0.25, 0.3) is 0 Å². The third kappa shape index (κ3) is 3.30. The number of rotatable bonds is 5. The number of hydrogen-bond acceptors (Lipinski definition) is 5. The molecule has 0 aliphatic heterocycles. The number of anilines is 1. The van der Waals surface area contributed by atoms with Gasteiger partial charge in [-0.25, -0.2) is 0 Å². The molecule has 0 amide bonds. The van der Waals surface area contributed by atoms with Gasteiger partial charge in [0.2, 0.25) is 0 Å². The summed E-state index contributed by atoms with van der Waals surface area (Å²) in [6.45, 7) is 2.64. The van der Waals surface area contributed by atoms with Crippen LogP contribution in [0.3, 0.4) is 0 Å². The van der Waals surface area contributed by atoms with E-state index in [1.165, 1.54) is 6.07 Å². The van der Waals surface area contributed by atoms with Crippen LogP contribution < -0.4 is 11.1 Å². The predicted octanol–water partition coefficient (Wildman–Crippen LogP) is 3.09. The summed E-state index contributed by atoms with van der Waals surface area (Å²) in [6.07, 6.45) is 0. The van der Waals surface area contributed by atoms with Crippen molar-refractivity contribution in [2.75, 3.05) is 5.73 Å². The predicted molar refractivity (Wildman–Crippen MR) is 77.1 cm³/mol. The topological polar surface area (TPSA) is 81.2 Å². The molecular weight excluding hydrogens is 262 g/mol. The van der Waals surface area contributed by atoms with Crippen molar-refractivity contribution in [1.82, 2.24) is 5.32 Å². The number of nitro benzene ring substituents is 1. The van der Waals surface area contributed by atoms with Crippen molar-refractivity contribution in [3.8, 4) is 0 Å². The average Bonchev–Trinajstić information content (AvgIpc) is 2.81. The van der Waals surface area contributed by atoms with E-state index in [-0.39, 0.29) is 16.7 Å². The van der Waals surface area contributed by atoms with Crippen LogP contribution in [-0.2, 0) is 6.54 Å². The molecule has 6 heteroatoms. The van der Waals surface area contributed by atoms with E-state index < -0.39 is 0 Å². The number of non-ortho nitro benzene ring substituents is 1. The van der Waals surface area contributed by atoms with E-state index in [2.05, 4.69) is 5.32 Å². The Hall–Kier alpha value is -1.92. The SMILES string of the molecule is CC(NCc1sccc1N)c1cccc([N+](=O)[O-])c1. The molecule has 1 aromatic carbocycles. The first-order chi connectivity index (χ1) is 9.08. The second-order valence-electron chi connectivity index (χ2n) is 4.25. The van der Waals surface area contributed by atoms with Gasteiger partial charge in [-0.05, 0) is 23.9 Å². The molecule has 100 valence electrons. The van der Waals surface area contributed by atoms with Crippen molar-refractivity contribution in [1.29, 1.82) is 0 Å². The quantitative estimate of drug-likeness (QED) is 0.650. The number of benzene rings is 1. The molecule has 19 heavy (non-hydrogen) atoms. The minimum Gasteiger partial charge on any atom is -0.398 e. The Bertz CT molecular complexity index is 583. The fraction of sp³-hybridized carbons (Fsp3) is 0.231. The van der Waals surface area contributed by atoms with Gasteiger partial charge >= 0.3 is 0 Å². The maximum atomic E-state index is 10.7. The molecule has 0 saturated heterocycles. The molecule has 5 nitrogen and oxygen atoms in total. The smallest absolute Gasteiger partial charge is 0.269 e. The number of nitro groups is 1. The summed E-state index contributed by atoms with van der Waals surface area (Å²) in [5, 5.41) is 16.0. The maximum absolute atomic E-state index is 10.7. The number of nitrogen functional groups attached to an aromatic ring is 1. The Balaban J connectivity index is 2.03. The molecule has 2 rings (SSSR count). The highest BCUT2D eigenvalue weighted by Crippen LogP contribution is 2.22. The van der Waals surface area contributed by atoms with Gasteiger partial charge in [0.25, 0.3) is 5.69 Å². The number of nitrogens with one attached hydrogen (secondary N) is 1. The summed E-state index contributed by atoms with van der Waals surface area (Å²) < 4.78 is 0. The van der Waals surface area contributed by atoms with E-state index in [0.29, 0.717) is 6.54 Å². The van der Waals surface area contributed by atoms with Gasteiger partial charge in [0.1, 0.15) is 0 Å². The van der Waals surface area contributed by atoms with Gasteiger partial charge < -0.3 is 11.1 Å². The van der Waals surface area contributed by atoms with Crippen molar-refractivity contribution in [2.24, 2.45) is 0 Å². The summed E-state index contributed by atoms with van der Waals surface area (Å²) in [7, 11) is 0. The minimum absolute atomic E-state index is 0.0291. The molecule has 0 aliphatic rings. The summed E-state index contributed by atoms with van der Waals surface area (Å²) in [5.41, 5.74) is 7.60. The fourth-order valence-electron chi connectivity index (χ4n) is 1.77. The van der Waals surface area contributed by atoms with Crippen LogP contribution in [-0.4, -0.2) is 4.92 Å². The van der Waals surface area contributed by atoms with E-state index in [0.717, 1.165) is 16.1 Å².